The lowest BCUT2D eigenvalue weighted by molar-refractivity contribution is 0.0980. The maximum absolute atomic E-state index is 5.91. The van der Waals surface area contributed by atoms with Crippen LogP contribution in [0.5, 0.6) is 0 Å². The molecule has 4 nitrogen and oxygen atoms in total. The van der Waals surface area contributed by atoms with Gasteiger partial charge < -0.3 is 14.6 Å². The van der Waals surface area contributed by atoms with Crippen LogP contribution in [0.3, 0.4) is 0 Å². The molecule has 5 rings (SSSR count). The molecule has 0 saturated carbocycles. The Hall–Kier alpha value is -2.17. The first-order valence-electron chi connectivity index (χ1n) is 10.5. The number of pyridine rings is 1. The summed E-state index contributed by atoms with van der Waals surface area (Å²) < 4.78 is 8.33. The summed E-state index contributed by atoms with van der Waals surface area (Å²) in [6, 6.07) is 11.5. The second-order valence-corrected chi connectivity index (χ2v) is 8.57. The predicted molar refractivity (Wildman–Crippen MR) is 113 cm³/mol. The van der Waals surface area contributed by atoms with Gasteiger partial charge in [-0.05, 0) is 74.0 Å². The number of hydrogen-bond donors (Lipinski definition) is 1. The first kappa shape index (κ1) is 17.9. The minimum atomic E-state index is 0.155. The van der Waals surface area contributed by atoms with Crippen LogP contribution in [-0.2, 0) is 23.1 Å². The van der Waals surface area contributed by atoms with Crippen LogP contribution in [0.4, 0.5) is 0 Å². The molecule has 4 heteroatoms. The third-order valence-electron chi connectivity index (χ3n) is 6.65. The molecule has 2 aliphatic rings. The van der Waals surface area contributed by atoms with E-state index in [1.54, 1.807) is 0 Å². The Morgan fingerprint density at radius 3 is 2.89 bits per heavy atom. The maximum Gasteiger partial charge on any atom is 0.0754 e. The van der Waals surface area contributed by atoms with Crippen molar-refractivity contribution in [2.45, 2.75) is 50.7 Å². The third kappa shape index (κ3) is 3.25. The quantitative estimate of drug-likeness (QED) is 0.733. The number of nitrogens with zero attached hydrogens (tertiary/aromatic N) is 2. The van der Waals surface area contributed by atoms with Gasteiger partial charge in [-0.1, -0.05) is 12.1 Å². The van der Waals surface area contributed by atoms with E-state index in [1.165, 1.54) is 46.9 Å². The molecule has 3 aromatic rings. The van der Waals surface area contributed by atoms with Crippen molar-refractivity contribution in [1.82, 2.24) is 14.9 Å². The highest BCUT2D eigenvalue weighted by atomic mass is 16.5. The molecule has 2 aromatic heterocycles. The highest BCUT2D eigenvalue weighted by Gasteiger charge is 2.36. The van der Waals surface area contributed by atoms with E-state index in [0.29, 0.717) is 6.10 Å². The van der Waals surface area contributed by atoms with Crippen LogP contribution in [0.25, 0.3) is 10.9 Å². The number of benzene rings is 1. The van der Waals surface area contributed by atoms with Gasteiger partial charge in [0.05, 0.1) is 6.10 Å². The molecule has 2 atom stereocenters. The van der Waals surface area contributed by atoms with Crippen molar-refractivity contribution in [1.29, 1.82) is 0 Å². The van der Waals surface area contributed by atoms with Crippen molar-refractivity contribution < 1.29 is 4.74 Å². The van der Waals surface area contributed by atoms with Crippen LogP contribution in [0.15, 0.2) is 48.9 Å². The van der Waals surface area contributed by atoms with Crippen LogP contribution in [0.2, 0.25) is 0 Å². The highest BCUT2D eigenvalue weighted by Crippen LogP contribution is 2.37. The first-order chi connectivity index (χ1) is 13.7. The highest BCUT2D eigenvalue weighted by molar-refractivity contribution is 5.84. The second-order valence-electron chi connectivity index (χ2n) is 8.57. The summed E-state index contributed by atoms with van der Waals surface area (Å²) in [4.78, 5) is 4.19. The zero-order valence-corrected chi connectivity index (χ0v) is 16.7. The van der Waals surface area contributed by atoms with Crippen LogP contribution in [0, 0.1) is 6.92 Å². The van der Waals surface area contributed by atoms with E-state index < -0.39 is 0 Å². The molecular weight excluding hydrogens is 346 g/mol. The molecule has 0 amide bonds. The molecule has 146 valence electrons. The monoisotopic (exact) mass is 375 g/mol. The fourth-order valence-corrected chi connectivity index (χ4v) is 5.10. The van der Waals surface area contributed by atoms with E-state index in [4.69, 9.17) is 4.74 Å². The van der Waals surface area contributed by atoms with Crippen LogP contribution < -0.4 is 5.32 Å². The van der Waals surface area contributed by atoms with Gasteiger partial charge in [0.25, 0.3) is 0 Å². The van der Waals surface area contributed by atoms with Crippen molar-refractivity contribution in [2.24, 2.45) is 0 Å². The molecule has 1 N–H and O–H groups in total. The summed E-state index contributed by atoms with van der Waals surface area (Å²) >= 11 is 0. The molecule has 0 radical (unpaired) electrons. The number of rotatable bonds is 5. The lowest BCUT2D eigenvalue weighted by atomic mass is 9.75. The summed E-state index contributed by atoms with van der Waals surface area (Å²) in [6.07, 6.45) is 11.1. The van der Waals surface area contributed by atoms with Crippen molar-refractivity contribution in [3.05, 3.63) is 65.6 Å². The maximum atomic E-state index is 5.91. The van der Waals surface area contributed by atoms with Gasteiger partial charge in [0.2, 0.25) is 0 Å². The van der Waals surface area contributed by atoms with Crippen LogP contribution in [0.1, 0.15) is 36.0 Å². The minimum Gasteiger partial charge on any atom is -0.376 e. The molecule has 4 heterocycles. The number of nitrogens with one attached hydrogen (secondary N) is 1. The number of aryl methyl sites for hydroxylation is 1. The normalized spacial score (nSPS) is 25.0. The Morgan fingerprint density at radius 2 is 2.14 bits per heavy atom. The summed E-state index contributed by atoms with van der Waals surface area (Å²) in [7, 11) is 0. The smallest absolute Gasteiger partial charge is 0.0754 e. The van der Waals surface area contributed by atoms with Gasteiger partial charge in [-0.25, -0.2) is 0 Å². The number of hydrogen-bond acceptors (Lipinski definition) is 3. The van der Waals surface area contributed by atoms with Crippen molar-refractivity contribution >= 4 is 10.9 Å². The van der Waals surface area contributed by atoms with Gasteiger partial charge in [0.1, 0.15) is 0 Å². The van der Waals surface area contributed by atoms with E-state index >= 15 is 0 Å². The largest absolute Gasteiger partial charge is 0.376 e. The topological polar surface area (TPSA) is 39.1 Å². The van der Waals surface area contributed by atoms with E-state index in [9.17, 15) is 0 Å². The van der Waals surface area contributed by atoms with Gasteiger partial charge in [-0.2, -0.15) is 0 Å². The molecule has 2 fully saturated rings. The summed E-state index contributed by atoms with van der Waals surface area (Å²) in [5.74, 6) is 0. The van der Waals surface area contributed by atoms with Gasteiger partial charge in [-0.15, -0.1) is 0 Å². The Labute approximate surface area is 166 Å². The standard InChI is InChI=1S/C24H29N3O/c1-18-15-27(16-21-3-2-12-28-21)23-13-20(4-5-22(18)23)24(8-11-26-17-24)14-19-6-9-25-10-7-19/h4-7,9-10,13,15,21,26H,2-3,8,11-12,14,16-17H2,1H3. The Bertz CT molecular complexity index is 951. The van der Waals surface area contributed by atoms with Gasteiger partial charge in [0, 0.05) is 54.6 Å². The average molecular weight is 376 g/mol. The number of ether oxygens (including phenoxy) is 1. The number of fused-ring (bicyclic) bond motifs is 1. The molecule has 2 aliphatic heterocycles. The van der Waals surface area contributed by atoms with Crippen LogP contribution >= 0.6 is 0 Å². The second kappa shape index (κ2) is 7.34. The summed E-state index contributed by atoms with van der Waals surface area (Å²) in [6.45, 7) is 6.21. The average Bonchev–Trinajstić information content (AvgIpc) is 3.46. The molecule has 2 saturated heterocycles. The van der Waals surface area contributed by atoms with Crippen molar-refractivity contribution in [3.8, 4) is 0 Å². The van der Waals surface area contributed by atoms with Gasteiger partial charge in [-0.3, -0.25) is 4.98 Å². The van der Waals surface area contributed by atoms with E-state index in [2.05, 4.69) is 58.3 Å². The first-order valence-corrected chi connectivity index (χ1v) is 10.5. The van der Waals surface area contributed by atoms with Gasteiger partial charge >= 0.3 is 0 Å². The fraction of sp³-hybridized carbons (Fsp3) is 0.458. The molecule has 28 heavy (non-hydrogen) atoms. The van der Waals surface area contributed by atoms with Crippen LogP contribution in [-0.4, -0.2) is 35.4 Å². The molecular formula is C24H29N3O. The Morgan fingerprint density at radius 1 is 1.25 bits per heavy atom. The van der Waals surface area contributed by atoms with E-state index in [-0.39, 0.29) is 5.41 Å². The summed E-state index contributed by atoms with van der Waals surface area (Å²) in [5.41, 5.74) is 5.68. The lowest BCUT2D eigenvalue weighted by Gasteiger charge is -2.29. The van der Waals surface area contributed by atoms with E-state index in [1.807, 2.05) is 12.4 Å². The molecule has 0 bridgehead atoms. The van der Waals surface area contributed by atoms with Gasteiger partial charge in [0.15, 0.2) is 0 Å². The third-order valence-corrected chi connectivity index (χ3v) is 6.65. The number of aromatic nitrogens is 2. The lowest BCUT2D eigenvalue weighted by Crippen LogP contribution is -2.31. The van der Waals surface area contributed by atoms with Crippen molar-refractivity contribution in [2.75, 3.05) is 19.7 Å². The Kier molecular flexibility index (Phi) is 4.69. The molecule has 1 aromatic carbocycles. The SMILES string of the molecule is Cc1cn(CC2CCCO2)c2cc(C3(Cc4ccncc4)CCNC3)ccc12. The molecule has 2 unspecified atom stereocenters. The predicted octanol–water partition coefficient (Wildman–Crippen LogP) is 4.00. The zero-order valence-electron chi connectivity index (χ0n) is 16.7. The zero-order chi connectivity index (χ0) is 19.0. The summed E-state index contributed by atoms with van der Waals surface area (Å²) in [5, 5.41) is 4.98. The fourth-order valence-electron chi connectivity index (χ4n) is 5.10. The van der Waals surface area contributed by atoms with Crippen molar-refractivity contribution in [3.63, 3.8) is 0 Å². The van der Waals surface area contributed by atoms with E-state index in [0.717, 1.165) is 32.7 Å². The minimum absolute atomic E-state index is 0.155. The Balaban J connectivity index is 1.53. The molecule has 0 aliphatic carbocycles. The molecule has 0 spiro atoms.